The number of nitrogens with zero attached hydrogens (tertiary/aromatic N) is 1. The van der Waals surface area contributed by atoms with Gasteiger partial charge in [-0.2, -0.15) is 5.10 Å². The van der Waals surface area contributed by atoms with Crippen molar-refractivity contribution >= 4 is 16.7 Å². The summed E-state index contributed by atoms with van der Waals surface area (Å²) in [6.07, 6.45) is 6.96. The van der Waals surface area contributed by atoms with Crippen LogP contribution in [0.25, 0.3) is 10.8 Å². The minimum Gasteiger partial charge on any atom is -0.350 e. The number of nitrogens with one attached hydrogen (secondary N) is 2. The van der Waals surface area contributed by atoms with Crippen LogP contribution in [0.1, 0.15) is 54.6 Å². The van der Waals surface area contributed by atoms with Crippen molar-refractivity contribution in [2.24, 2.45) is 0 Å². The van der Waals surface area contributed by atoms with Crippen molar-refractivity contribution < 1.29 is 4.79 Å². The van der Waals surface area contributed by atoms with Gasteiger partial charge in [0.25, 0.3) is 11.5 Å². The maximum Gasteiger partial charge on any atom is 0.272 e. The number of carbonyl (C=O) groups is 1. The molecule has 1 aromatic heterocycles. The molecule has 5 heteroatoms. The van der Waals surface area contributed by atoms with Crippen molar-refractivity contribution in [2.75, 3.05) is 6.54 Å². The summed E-state index contributed by atoms with van der Waals surface area (Å²) in [4.78, 5) is 25.0. The molecule has 1 aliphatic carbocycles. The Morgan fingerprint density at radius 2 is 1.57 bits per heavy atom. The largest absolute Gasteiger partial charge is 0.350 e. The fourth-order valence-electron chi connectivity index (χ4n) is 4.39. The Morgan fingerprint density at radius 3 is 2.29 bits per heavy atom. The Kier molecular flexibility index (Phi) is 5.24. The van der Waals surface area contributed by atoms with Crippen LogP contribution in [0.3, 0.4) is 0 Å². The molecular formula is C23H25N3O2. The van der Waals surface area contributed by atoms with Crippen molar-refractivity contribution in [1.82, 2.24) is 15.5 Å². The SMILES string of the molecule is O=C(NCC1(c2ccccc2)CCCCCC1)c1n[nH]c(=O)c2ccccc12. The lowest BCUT2D eigenvalue weighted by atomic mass is 9.74. The zero-order valence-corrected chi connectivity index (χ0v) is 15.9. The average molecular weight is 375 g/mol. The van der Waals surface area contributed by atoms with Gasteiger partial charge < -0.3 is 5.32 Å². The van der Waals surface area contributed by atoms with Crippen molar-refractivity contribution in [3.8, 4) is 0 Å². The lowest BCUT2D eigenvalue weighted by molar-refractivity contribution is 0.0936. The Morgan fingerprint density at radius 1 is 0.929 bits per heavy atom. The van der Waals surface area contributed by atoms with E-state index >= 15 is 0 Å². The Hall–Kier alpha value is -2.95. The van der Waals surface area contributed by atoms with E-state index in [1.54, 1.807) is 18.2 Å². The standard InChI is InChI=1S/C23H25N3O2/c27-21-19-13-7-6-12-18(19)20(25-26-21)22(28)24-16-23(14-8-1-2-9-15-23)17-10-4-3-5-11-17/h3-7,10-13H,1-2,8-9,14-16H2,(H,24,28)(H,26,27). The molecule has 0 unspecified atom stereocenters. The molecule has 1 aliphatic rings. The predicted octanol–water partition coefficient (Wildman–Crippen LogP) is 3.95. The summed E-state index contributed by atoms with van der Waals surface area (Å²) in [5, 5.41) is 10.7. The fourth-order valence-corrected chi connectivity index (χ4v) is 4.39. The van der Waals surface area contributed by atoms with E-state index in [9.17, 15) is 9.59 Å². The molecule has 4 rings (SSSR count). The van der Waals surface area contributed by atoms with Crippen LogP contribution in [0.15, 0.2) is 59.4 Å². The number of hydrogen-bond donors (Lipinski definition) is 2. The molecule has 1 saturated carbocycles. The second kappa shape index (κ2) is 7.97. The number of fused-ring (bicyclic) bond motifs is 1. The van der Waals surface area contributed by atoms with Gasteiger partial charge in [-0.05, 0) is 24.5 Å². The van der Waals surface area contributed by atoms with Crippen LogP contribution < -0.4 is 10.9 Å². The fraction of sp³-hybridized carbons (Fsp3) is 0.348. The van der Waals surface area contributed by atoms with Crippen LogP contribution in [0.5, 0.6) is 0 Å². The number of amides is 1. The smallest absolute Gasteiger partial charge is 0.272 e. The van der Waals surface area contributed by atoms with Gasteiger partial charge in [0.2, 0.25) is 0 Å². The van der Waals surface area contributed by atoms with E-state index in [-0.39, 0.29) is 22.6 Å². The molecule has 28 heavy (non-hydrogen) atoms. The monoisotopic (exact) mass is 375 g/mol. The number of hydrogen-bond acceptors (Lipinski definition) is 3. The van der Waals surface area contributed by atoms with Gasteiger partial charge in [0.15, 0.2) is 5.69 Å². The number of benzene rings is 2. The van der Waals surface area contributed by atoms with E-state index in [4.69, 9.17) is 0 Å². The lowest BCUT2D eigenvalue weighted by Crippen LogP contribution is -2.41. The van der Waals surface area contributed by atoms with Gasteiger partial charge in [-0.15, -0.1) is 0 Å². The Bertz CT molecular complexity index is 1020. The number of rotatable bonds is 4. The third-order valence-corrected chi connectivity index (χ3v) is 5.95. The van der Waals surface area contributed by atoms with Crippen LogP contribution in [0, 0.1) is 0 Å². The predicted molar refractivity (Wildman–Crippen MR) is 111 cm³/mol. The molecule has 0 aliphatic heterocycles. The molecule has 0 radical (unpaired) electrons. The summed E-state index contributed by atoms with van der Waals surface area (Å²) < 4.78 is 0. The molecule has 3 aromatic rings. The highest BCUT2D eigenvalue weighted by molar-refractivity contribution is 6.04. The van der Waals surface area contributed by atoms with E-state index < -0.39 is 0 Å². The molecule has 2 N–H and O–H groups in total. The average Bonchev–Trinajstić information content (AvgIpc) is 3.00. The first kappa shape index (κ1) is 18.4. The van der Waals surface area contributed by atoms with Crippen LogP contribution in [0.2, 0.25) is 0 Å². The summed E-state index contributed by atoms with van der Waals surface area (Å²) in [6.45, 7) is 0.574. The first-order valence-corrected chi connectivity index (χ1v) is 10.0. The number of aromatic amines is 1. The van der Waals surface area contributed by atoms with E-state index in [0.717, 1.165) is 12.8 Å². The van der Waals surface area contributed by atoms with Crippen molar-refractivity contribution in [3.05, 3.63) is 76.2 Å². The van der Waals surface area contributed by atoms with Gasteiger partial charge in [0.1, 0.15) is 0 Å². The summed E-state index contributed by atoms with van der Waals surface area (Å²) >= 11 is 0. The molecule has 2 aromatic carbocycles. The highest BCUT2D eigenvalue weighted by atomic mass is 16.2. The van der Waals surface area contributed by atoms with E-state index in [2.05, 4.69) is 39.8 Å². The van der Waals surface area contributed by atoms with E-state index in [0.29, 0.717) is 17.3 Å². The number of H-pyrrole nitrogens is 1. The molecule has 0 saturated heterocycles. The second-order valence-corrected chi connectivity index (χ2v) is 7.69. The minimum atomic E-state index is -0.281. The summed E-state index contributed by atoms with van der Waals surface area (Å²) in [7, 11) is 0. The van der Waals surface area contributed by atoms with Crippen molar-refractivity contribution in [2.45, 2.75) is 43.9 Å². The van der Waals surface area contributed by atoms with Crippen molar-refractivity contribution in [3.63, 3.8) is 0 Å². The minimum absolute atomic E-state index is 0.0502. The zero-order valence-electron chi connectivity index (χ0n) is 15.9. The van der Waals surface area contributed by atoms with Crippen LogP contribution in [-0.2, 0) is 5.41 Å². The number of aromatic nitrogens is 2. The molecular weight excluding hydrogens is 350 g/mol. The second-order valence-electron chi connectivity index (χ2n) is 7.69. The quantitative estimate of drug-likeness (QED) is 0.678. The molecule has 144 valence electrons. The maximum absolute atomic E-state index is 13.0. The highest BCUT2D eigenvalue weighted by Gasteiger charge is 2.33. The summed E-state index contributed by atoms with van der Waals surface area (Å²) in [5.74, 6) is -0.244. The van der Waals surface area contributed by atoms with Gasteiger partial charge in [-0.25, -0.2) is 5.10 Å². The van der Waals surface area contributed by atoms with Crippen LogP contribution in [-0.4, -0.2) is 22.6 Å². The van der Waals surface area contributed by atoms with Gasteiger partial charge >= 0.3 is 0 Å². The summed E-state index contributed by atoms with van der Waals surface area (Å²) in [6, 6.07) is 17.6. The molecule has 0 atom stereocenters. The van der Waals surface area contributed by atoms with Crippen LogP contribution in [0.4, 0.5) is 0 Å². The summed E-state index contributed by atoms with van der Waals surface area (Å²) in [5.41, 5.74) is 1.23. The van der Waals surface area contributed by atoms with Gasteiger partial charge in [0, 0.05) is 17.3 Å². The lowest BCUT2D eigenvalue weighted by Gasteiger charge is -2.34. The Balaban J connectivity index is 1.62. The molecule has 0 spiro atoms. The topological polar surface area (TPSA) is 74.8 Å². The van der Waals surface area contributed by atoms with Crippen LogP contribution >= 0.6 is 0 Å². The third-order valence-electron chi connectivity index (χ3n) is 5.95. The first-order valence-electron chi connectivity index (χ1n) is 10.0. The Labute approximate surface area is 164 Å². The molecule has 0 bridgehead atoms. The zero-order chi connectivity index (χ0) is 19.4. The first-order chi connectivity index (χ1) is 13.7. The molecule has 1 amide bonds. The van der Waals surface area contributed by atoms with Gasteiger partial charge in [-0.1, -0.05) is 74.2 Å². The molecule has 1 fully saturated rings. The molecule has 5 nitrogen and oxygen atoms in total. The molecule has 1 heterocycles. The maximum atomic E-state index is 13.0. The van der Waals surface area contributed by atoms with E-state index in [1.165, 1.54) is 31.2 Å². The van der Waals surface area contributed by atoms with Gasteiger partial charge in [0.05, 0.1) is 5.39 Å². The number of carbonyl (C=O) groups excluding carboxylic acids is 1. The van der Waals surface area contributed by atoms with Crippen molar-refractivity contribution in [1.29, 1.82) is 0 Å². The van der Waals surface area contributed by atoms with E-state index in [1.807, 2.05) is 12.1 Å². The normalized spacial score (nSPS) is 16.4. The highest BCUT2D eigenvalue weighted by Crippen LogP contribution is 2.38. The third kappa shape index (κ3) is 3.57. The van der Waals surface area contributed by atoms with Gasteiger partial charge in [-0.3, -0.25) is 9.59 Å².